The summed E-state index contributed by atoms with van der Waals surface area (Å²) in [4.78, 5) is 11.5. The zero-order valence-electron chi connectivity index (χ0n) is 14.9. The molecule has 6 heteroatoms. The van der Waals surface area contributed by atoms with Crippen molar-refractivity contribution in [1.29, 1.82) is 0 Å². The van der Waals surface area contributed by atoms with Gasteiger partial charge in [-0.2, -0.15) is 0 Å². The third kappa shape index (κ3) is 5.67. The van der Waals surface area contributed by atoms with Crippen LogP contribution in [-0.4, -0.2) is 36.0 Å². The molecular formula is C19H27IN4S. The molecule has 1 saturated heterocycles. The van der Waals surface area contributed by atoms with Crippen LogP contribution in [0.25, 0.3) is 0 Å². The van der Waals surface area contributed by atoms with Crippen LogP contribution < -0.4 is 5.32 Å². The molecule has 1 aliphatic rings. The van der Waals surface area contributed by atoms with Gasteiger partial charge < -0.3 is 10.2 Å². The Labute approximate surface area is 171 Å². The zero-order valence-corrected chi connectivity index (χ0v) is 18.1. The molecule has 0 aliphatic carbocycles. The maximum absolute atomic E-state index is 4.61. The maximum atomic E-state index is 4.61. The summed E-state index contributed by atoms with van der Waals surface area (Å²) < 4.78 is 0. The van der Waals surface area contributed by atoms with Crippen LogP contribution in [0, 0.1) is 5.92 Å². The summed E-state index contributed by atoms with van der Waals surface area (Å²) in [6.45, 7) is 5.05. The Kier molecular flexibility index (Phi) is 8.15. The summed E-state index contributed by atoms with van der Waals surface area (Å²) in [6.07, 6.45) is 3.39. The Balaban J connectivity index is 0.00000225. The van der Waals surface area contributed by atoms with E-state index >= 15 is 0 Å². The van der Waals surface area contributed by atoms with E-state index in [1.54, 1.807) is 11.3 Å². The number of hydrogen-bond acceptors (Lipinski definition) is 3. The highest BCUT2D eigenvalue weighted by Gasteiger charge is 2.24. The van der Waals surface area contributed by atoms with Gasteiger partial charge in [-0.25, -0.2) is 4.98 Å². The fourth-order valence-corrected chi connectivity index (χ4v) is 3.98. The lowest BCUT2D eigenvalue weighted by molar-refractivity contribution is 0.459. The van der Waals surface area contributed by atoms with E-state index in [4.69, 9.17) is 0 Å². The van der Waals surface area contributed by atoms with Crippen molar-refractivity contribution in [3.8, 4) is 0 Å². The van der Waals surface area contributed by atoms with Gasteiger partial charge in [0.1, 0.15) is 0 Å². The Bertz CT molecular complexity index is 671. The molecule has 2 heterocycles. The van der Waals surface area contributed by atoms with Crippen molar-refractivity contribution in [2.75, 3.05) is 20.1 Å². The van der Waals surface area contributed by atoms with Gasteiger partial charge in [0, 0.05) is 25.5 Å². The van der Waals surface area contributed by atoms with Crippen molar-refractivity contribution in [3.05, 3.63) is 52.0 Å². The topological polar surface area (TPSA) is 40.5 Å². The van der Waals surface area contributed by atoms with Gasteiger partial charge in [0.05, 0.1) is 17.2 Å². The number of aliphatic imine (C=N–C) groups is 1. The summed E-state index contributed by atoms with van der Waals surface area (Å²) in [7, 11) is 1.87. The van der Waals surface area contributed by atoms with Crippen LogP contribution in [0.2, 0.25) is 0 Å². The number of benzene rings is 1. The van der Waals surface area contributed by atoms with Crippen LogP contribution in [-0.2, 0) is 19.4 Å². The van der Waals surface area contributed by atoms with Crippen LogP contribution in [0.3, 0.4) is 0 Å². The van der Waals surface area contributed by atoms with Gasteiger partial charge in [0.25, 0.3) is 0 Å². The molecule has 1 fully saturated rings. The van der Waals surface area contributed by atoms with Crippen LogP contribution in [0.5, 0.6) is 0 Å². The Morgan fingerprint density at radius 3 is 2.84 bits per heavy atom. The molecule has 1 atom stereocenters. The fourth-order valence-electron chi connectivity index (χ4n) is 3.23. The summed E-state index contributed by atoms with van der Waals surface area (Å²) in [6, 6.07) is 10.8. The third-order valence-corrected chi connectivity index (χ3v) is 5.54. The van der Waals surface area contributed by atoms with Crippen molar-refractivity contribution in [2.45, 2.75) is 32.7 Å². The lowest BCUT2D eigenvalue weighted by Gasteiger charge is -2.21. The van der Waals surface area contributed by atoms with Crippen molar-refractivity contribution >= 4 is 41.3 Å². The van der Waals surface area contributed by atoms with Crippen molar-refractivity contribution in [3.63, 3.8) is 0 Å². The van der Waals surface area contributed by atoms with Gasteiger partial charge >= 0.3 is 0 Å². The molecular weight excluding hydrogens is 443 g/mol. The van der Waals surface area contributed by atoms with Gasteiger partial charge in [0.2, 0.25) is 0 Å². The van der Waals surface area contributed by atoms with Gasteiger partial charge in [-0.05, 0) is 30.7 Å². The highest BCUT2D eigenvalue weighted by atomic mass is 127. The molecule has 0 bridgehead atoms. The molecule has 0 spiro atoms. The minimum Gasteiger partial charge on any atom is -0.351 e. The normalized spacial score (nSPS) is 17.4. The number of nitrogens with zero attached hydrogens (tertiary/aromatic N) is 3. The van der Waals surface area contributed by atoms with E-state index in [-0.39, 0.29) is 24.0 Å². The van der Waals surface area contributed by atoms with Crippen molar-refractivity contribution in [2.24, 2.45) is 10.9 Å². The molecule has 1 aromatic heterocycles. The number of rotatable bonds is 5. The van der Waals surface area contributed by atoms with Crippen molar-refractivity contribution < 1.29 is 0 Å². The number of likely N-dealkylation sites (tertiary alicyclic amines) is 1. The minimum atomic E-state index is 0. The molecule has 0 amide bonds. The van der Waals surface area contributed by atoms with E-state index in [1.807, 2.05) is 7.05 Å². The first-order valence-electron chi connectivity index (χ1n) is 8.71. The molecule has 0 saturated carbocycles. The number of halogens is 1. The lowest BCUT2D eigenvalue weighted by Crippen LogP contribution is -2.39. The van der Waals surface area contributed by atoms with E-state index in [0.29, 0.717) is 5.92 Å². The van der Waals surface area contributed by atoms with Crippen LogP contribution in [0.4, 0.5) is 0 Å². The summed E-state index contributed by atoms with van der Waals surface area (Å²) in [5.41, 5.74) is 2.54. The highest BCUT2D eigenvalue weighted by Crippen LogP contribution is 2.21. The second kappa shape index (κ2) is 10.1. The number of guanidine groups is 1. The Morgan fingerprint density at radius 2 is 2.16 bits per heavy atom. The first kappa shape index (κ1) is 20.2. The summed E-state index contributed by atoms with van der Waals surface area (Å²) >= 11 is 1.74. The largest absolute Gasteiger partial charge is 0.351 e. The number of aryl methyl sites for hydroxylation is 1. The van der Waals surface area contributed by atoms with Gasteiger partial charge in [-0.15, -0.1) is 35.3 Å². The molecule has 3 rings (SSSR count). The molecule has 0 radical (unpaired) electrons. The minimum absolute atomic E-state index is 0. The highest BCUT2D eigenvalue weighted by molar-refractivity contribution is 14.0. The molecule has 1 aromatic carbocycles. The Hall–Kier alpha value is -1.15. The van der Waals surface area contributed by atoms with Gasteiger partial charge in [-0.3, -0.25) is 4.99 Å². The fraction of sp³-hybridized carbons (Fsp3) is 0.474. The van der Waals surface area contributed by atoms with Crippen molar-refractivity contribution in [1.82, 2.24) is 15.2 Å². The molecule has 136 valence electrons. The summed E-state index contributed by atoms with van der Waals surface area (Å²) in [5.74, 6) is 1.70. The van der Waals surface area contributed by atoms with Crippen LogP contribution in [0.1, 0.15) is 29.6 Å². The van der Waals surface area contributed by atoms with Crippen LogP contribution in [0.15, 0.2) is 40.7 Å². The average Bonchev–Trinajstić information content (AvgIpc) is 3.26. The average molecular weight is 470 g/mol. The predicted molar refractivity (Wildman–Crippen MR) is 117 cm³/mol. The first-order valence-corrected chi connectivity index (χ1v) is 9.59. The SMILES string of the molecule is CCc1nc(CNC(=NC)N2CCC(Cc3ccccc3)C2)cs1.I. The lowest BCUT2D eigenvalue weighted by atomic mass is 9.99. The maximum Gasteiger partial charge on any atom is 0.193 e. The van der Waals surface area contributed by atoms with Gasteiger partial charge in [0.15, 0.2) is 5.96 Å². The molecule has 25 heavy (non-hydrogen) atoms. The molecule has 1 unspecified atom stereocenters. The number of aromatic nitrogens is 1. The third-order valence-electron chi connectivity index (χ3n) is 4.49. The van der Waals surface area contributed by atoms with Gasteiger partial charge in [-0.1, -0.05) is 37.3 Å². The summed E-state index contributed by atoms with van der Waals surface area (Å²) in [5, 5.41) is 6.81. The van der Waals surface area contributed by atoms with Crippen LogP contribution >= 0.6 is 35.3 Å². The number of hydrogen-bond donors (Lipinski definition) is 1. The smallest absolute Gasteiger partial charge is 0.193 e. The van der Waals surface area contributed by atoms with E-state index in [0.717, 1.165) is 44.1 Å². The quantitative estimate of drug-likeness (QED) is 0.409. The molecule has 2 aromatic rings. The standard InChI is InChI=1S/C19H26N4S.HI/c1-3-18-22-17(14-24-18)12-21-19(20-2)23-10-9-16(13-23)11-15-7-5-4-6-8-15;/h4-8,14,16H,3,9-13H2,1-2H3,(H,20,21);1H. The monoisotopic (exact) mass is 470 g/mol. The van der Waals surface area contributed by atoms with E-state index in [1.165, 1.54) is 17.0 Å². The van der Waals surface area contributed by atoms with E-state index < -0.39 is 0 Å². The number of thiazole rings is 1. The predicted octanol–water partition coefficient (Wildman–Crippen LogP) is 3.96. The number of nitrogens with one attached hydrogen (secondary N) is 1. The second-order valence-electron chi connectivity index (χ2n) is 6.28. The Morgan fingerprint density at radius 1 is 1.36 bits per heavy atom. The first-order chi connectivity index (χ1) is 11.8. The molecule has 1 N–H and O–H groups in total. The van der Waals surface area contributed by atoms with E-state index in [9.17, 15) is 0 Å². The molecule has 4 nitrogen and oxygen atoms in total. The zero-order chi connectivity index (χ0) is 16.8. The molecule has 1 aliphatic heterocycles. The second-order valence-corrected chi connectivity index (χ2v) is 7.22. The van der Waals surface area contributed by atoms with E-state index in [2.05, 4.69) is 62.8 Å².